The van der Waals surface area contributed by atoms with Crippen LogP contribution < -0.4 is 10.3 Å². The molecule has 1 aliphatic heterocycles. The van der Waals surface area contributed by atoms with E-state index < -0.39 is 0 Å². The van der Waals surface area contributed by atoms with Gasteiger partial charge in [0.15, 0.2) is 5.43 Å². The van der Waals surface area contributed by atoms with Crippen LogP contribution in [-0.2, 0) is 6.54 Å². The summed E-state index contributed by atoms with van der Waals surface area (Å²) in [5.74, 6) is 1.15. The number of hydrogen-bond acceptors (Lipinski definition) is 3. The van der Waals surface area contributed by atoms with Gasteiger partial charge in [-0.3, -0.25) is 9.69 Å². The number of rotatable bonds is 4. The molecule has 0 aliphatic carbocycles. The molecule has 2 aromatic heterocycles. The molecule has 5 rings (SSSR count). The van der Waals surface area contributed by atoms with Crippen molar-refractivity contribution in [2.24, 2.45) is 0 Å². The minimum atomic E-state index is 0.0244. The van der Waals surface area contributed by atoms with Crippen LogP contribution in [0.3, 0.4) is 0 Å². The van der Waals surface area contributed by atoms with E-state index in [1.54, 1.807) is 12.1 Å². The Morgan fingerprint density at radius 3 is 2.17 bits per heavy atom. The van der Waals surface area contributed by atoms with Gasteiger partial charge in [0, 0.05) is 50.6 Å². The molecule has 3 heterocycles. The highest BCUT2D eigenvalue weighted by Crippen LogP contribution is 2.32. The normalized spacial score (nSPS) is 14.9. The second-order valence-corrected chi connectivity index (χ2v) is 7.84. The molecule has 0 saturated carbocycles. The van der Waals surface area contributed by atoms with Crippen molar-refractivity contribution in [1.82, 2.24) is 9.30 Å². The van der Waals surface area contributed by atoms with Gasteiger partial charge in [-0.2, -0.15) is 0 Å². The molecule has 1 saturated heterocycles. The van der Waals surface area contributed by atoms with Crippen molar-refractivity contribution < 1.29 is 0 Å². The molecule has 0 atom stereocenters. The third kappa shape index (κ3) is 3.74. The number of aromatic nitrogens is 1. The maximum Gasteiger partial charge on any atom is 0.180 e. The van der Waals surface area contributed by atoms with E-state index in [0.717, 1.165) is 49.6 Å². The van der Waals surface area contributed by atoms with Gasteiger partial charge in [-0.05, 0) is 29.3 Å². The minimum absolute atomic E-state index is 0.0244. The first-order chi connectivity index (χ1) is 14.8. The summed E-state index contributed by atoms with van der Waals surface area (Å²) in [6.45, 7) is 4.97. The molecule has 30 heavy (non-hydrogen) atoms. The van der Waals surface area contributed by atoms with Crippen LogP contribution in [0.15, 0.2) is 95.9 Å². The van der Waals surface area contributed by atoms with Gasteiger partial charge in [0.25, 0.3) is 0 Å². The summed E-state index contributed by atoms with van der Waals surface area (Å²) in [7, 11) is 0. The molecule has 0 radical (unpaired) electrons. The van der Waals surface area contributed by atoms with Crippen LogP contribution in [0.5, 0.6) is 0 Å². The van der Waals surface area contributed by atoms with Crippen molar-refractivity contribution in [3.05, 3.63) is 107 Å². The zero-order chi connectivity index (χ0) is 20.3. The number of fused-ring (bicyclic) bond motifs is 1. The fourth-order valence-electron chi connectivity index (χ4n) is 4.29. The summed E-state index contributed by atoms with van der Waals surface area (Å²) in [5.41, 5.74) is 4.78. The van der Waals surface area contributed by atoms with E-state index in [9.17, 15) is 4.79 Å². The van der Waals surface area contributed by atoms with Gasteiger partial charge in [0.1, 0.15) is 5.82 Å². The number of nitrogens with zero attached hydrogens (tertiary/aromatic N) is 3. The quantitative estimate of drug-likeness (QED) is 0.516. The van der Waals surface area contributed by atoms with Gasteiger partial charge in [-0.1, -0.05) is 60.7 Å². The summed E-state index contributed by atoms with van der Waals surface area (Å²) in [6.07, 6.45) is 1.91. The van der Waals surface area contributed by atoms with E-state index in [4.69, 9.17) is 0 Å². The van der Waals surface area contributed by atoms with Crippen LogP contribution in [0.2, 0.25) is 0 Å². The average Bonchev–Trinajstić information content (AvgIpc) is 3.05. The lowest BCUT2D eigenvalue weighted by molar-refractivity contribution is 0.249. The van der Waals surface area contributed by atoms with Gasteiger partial charge >= 0.3 is 0 Å². The standard InChI is InChI=1S/C26H25N3O/c30-23-11-12-25-24(22-9-5-2-6-10-22)19-26(29(25)14-13-23)28-17-15-27(16-18-28)20-21-7-3-1-4-8-21/h1-14,19H,15-18,20H2. The lowest BCUT2D eigenvalue weighted by Gasteiger charge is -2.35. The van der Waals surface area contributed by atoms with Crippen LogP contribution in [-0.4, -0.2) is 35.5 Å². The Balaban J connectivity index is 1.45. The van der Waals surface area contributed by atoms with Gasteiger partial charge < -0.3 is 9.30 Å². The molecule has 4 aromatic rings. The summed E-state index contributed by atoms with van der Waals surface area (Å²) >= 11 is 0. The average molecular weight is 396 g/mol. The van der Waals surface area contributed by atoms with E-state index in [1.165, 1.54) is 11.1 Å². The Morgan fingerprint density at radius 1 is 0.733 bits per heavy atom. The van der Waals surface area contributed by atoms with Crippen molar-refractivity contribution in [2.75, 3.05) is 31.1 Å². The van der Waals surface area contributed by atoms with Crippen molar-refractivity contribution >= 4 is 11.3 Å². The zero-order valence-electron chi connectivity index (χ0n) is 16.9. The predicted octanol–water partition coefficient (Wildman–Crippen LogP) is 4.29. The molecular weight excluding hydrogens is 370 g/mol. The number of piperazine rings is 1. The van der Waals surface area contributed by atoms with Gasteiger partial charge in [0.2, 0.25) is 0 Å². The first-order valence-corrected chi connectivity index (χ1v) is 10.5. The maximum atomic E-state index is 12.0. The third-order valence-electron chi connectivity index (χ3n) is 5.88. The Bertz CT molecular complexity index is 1190. The molecule has 1 aliphatic rings. The fourth-order valence-corrected chi connectivity index (χ4v) is 4.29. The summed E-state index contributed by atoms with van der Waals surface area (Å²) in [6, 6.07) is 28.6. The summed E-state index contributed by atoms with van der Waals surface area (Å²) < 4.78 is 2.16. The van der Waals surface area contributed by atoms with Gasteiger partial charge in [0.05, 0.1) is 5.52 Å². The third-order valence-corrected chi connectivity index (χ3v) is 5.88. The van der Waals surface area contributed by atoms with Crippen molar-refractivity contribution in [1.29, 1.82) is 0 Å². The summed E-state index contributed by atoms with van der Waals surface area (Å²) in [4.78, 5) is 16.9. The van der Waals surface area contributed by atoms with Crippen LogP contribution in [0, 0.1) is 0 Å². The zero-order valence-corrected chi connectivity index (χ0v) is 16.9. The highest BCUT2D eigenvalue weighted by atomic mass is 16.1. The maximum absolute atomic E-state index is 12.0. The van der Waals surface area contributed by atoms with E-state index in [2.05, 4.69) is 74.9 Å². The number of benzene rings is 2. The second kappa shape index (κ2) is 8.17. The van der Waals surface area contributed by atoms with Crippen LogP contribution >= 0.6 is 0 Å². The Morgan fingerprint density at radius 2 is 1.43 bits per heavy atom. The first-order valence-electron chi connectivity index (χ1n) is 10.5. The minimum Gasteiger partial charge on any atom is -0.355 e. The van der Waals surface area contributed by atoms with Gasteiger partial charge in [-0.15, -0.1) is 0 Å². The highest BCUT2D eigenvalue weighted by molar-refractivity contribution is 5.85. The topological polar surface area (TPSA) is 28.0 Å². The molecule has 1 fully saturated rings. The molecule has 0 amide bonds. The number of anilines is 1. The van der Waals surface area contributed by atoms with E-state index in [1.807, 2.05) is 18.3 Å². The van der Waals surface area contributed by atoms with Crippen LogP contribution in [0.4, 0.5) is 5.82 Å². The monoisotopic (exact) mass is 395 g/mol. The van der Waals surface area contributed by atoms with Crippen LogP contribution in [0.25, 0.3) is 16.6 Å². The van der Waals surface area contributed by atoms with E-state index in [0.29, 0.717) is 0 Å². The van der Waals surface area contributed by atoms with Crippen molar-refractivity contribution in [3.8, 4) is 11.1 Å². The second-order valence-electron chi connectivity index (χ2n) is 7.84. The van der Waals surface area contributed by atoms with E-state index in [-0.39, 0.29) is 5.43 Å². The molecule has 0 N–H and O–H groups in total. The van der Waals surface area contributed by atoms with Gasteiger partial charge in [-0.25, -0.2) is 0 Å². The molecule has 4 heteroatoms. The predicted molar refractivity (Wildman–Crippen MR) is 123 cm³/mol. The van der Waals surface area contributed by atoms with Crippen LogP contribution in [0.1, 0.15) is 5.56 Å². The Kier molecular flexibility index (Phi) is 5.08. The fraction of sp³-hybridized carbons (Fsp3) is 0.192. The SMILES string of the molecule is O=c1ccc2c(-c3ccccc3)cc(N3CCN(Cc4ccccc4)CC3)n2cc1. The molecule has 0 unspecified atom stereocenters. The smallest absolute Gasteiger partial charge is 0.180 e. The molecular formula is C26H25N3O. The lowest BCUT2D eigenvalue weighted by Crippen LogP contribution is -2.46. The number of hydrogen-bond donors (Lipinski definition) is 0. The largest absolute Gasteiger partial charge is 0.355 e. The van der Waals surface area contributed by atoms with Crippen molar-refractivity contribution in [3.63, 3.8) is 0 Å². The Hall–Kier alpha value is -3.37. The van der Waals surface area contributed by atoms with Crippen molar-refractivity contribution in [2.45, 2.75) is 6.54 Å². The lowest BCUT2D eigenvalue weighted by atomic mass is 10.1. The molecule has 2 aromatic carbocycles. The molecule has 0 bridgehead atoms. The molecule has 150 valence electrons. The highest BCUT2D eigenvalue weighted by Gasteiger charge is 2.21. The summed E-state index contributed by atoms with van der Waals surface area (Å²) in [5, 5.41) is 0. The molecule has 0 spiro atoms. The molecule has 4 nitrogen and oxygen atoms in total. The first kappa shape index (κ1) is 18.6. The Labute approximate surface area is 176 Å². The van der Waals surface area contributed by atoms with E-state index >= 15 is 0 Å².